The molecule has 0 saturated heterocycles. The molecule has 17 heavy (non-hydrogen) atoms. The lowest BCUT2D eigenvalue weighted by Crippen LogP contribution is -1.94. The van der Waals surface area contributed by atoms with Crippen molar-refractivity contribution in [1.82, 2.24) is 0 Å². The summed E-state index contributed by atoms with van der Waals surface area (Å²) in [4.78, 5) is 10.3. The van der Waals surface area contributed by atoms with Gasteiger partial charge in [-0.25, -0.2) is 0 Å². The molecule has 0 spiro atoms. The van der Waals surface area contributed by atoms with Crippen molar-refractivity contribution >= 4 is 17.1 Å². The number of aryl methyl sites for hydroxylation is 1. The van der Waals surface area contributed by atoms with Crippen LogP contribution >= 0.6 is 0 Å². The van der Waals surface area contributed by atoms with Gasteiger partial charge in [0, 0.05) is 11.4 Å². The van der Waals surface area contributed by atoms with E-state index in [1.165, 1.54) is 5.56 Å². The number of nitroso groups, excluding NO2 is 1. The summed E-state index contributed by atoms with van der Waals surface area (Å²) >= 11 is 0. The maximum absolute atomic E-state index is 10.3. The van der Waals surface area contributed by atoms with Gasteiger partial charge in [0.15, 0.2) is 0 Å². The van der Waals surface area contributed by atoms with Gasteiger partial charge in [0.1, 0.15) is 5.69 Å². The van der Waals surface area contributed by atoms with Gasteiger partial charge in [0.05, 0.1) is 0 Å². The maximum Gasteiger partial charge on any atom is 0.108 e. The van der Waals surface area contributed by atoms with Crippen LogP contribution in [0, 0.1) is 4.91 Å². The fourth-order valence-corrected chi connectivity index (χ4v) is 1.71. The van der Waals surface area contributed by atoms with E-state index >= 15 is 0 Å². The molecule has 0 aliphatic heterocycles. The minimum atomic E-state index is 0.444. The molecule has 2 aromatic rings. The van der Waals surface area contributed by atoms with Crippen LogP contribution in [-0.4, -0.2) is 0 Å². The maximum atomic E-state index is 10.3. The van der Waals surface area contributed by atoms with E-state index in [-0.39, 0.29) is 0 Å². The summed E-state index contributed by atoms with van der Waals surface area (Å²) in [7, 11) is 0. The van der Waals surface area contributed by atoms with E-state index in [0.29, 0.717) is 5.69 Å². The van der Waals surface area contributed by atoms with E-state index in [9.17, 15) is 4.91 Å². The van der Waals surface area contributed by atoms with Gasteiger partial charge < -0.3 is 5.32 Å². The first-order valence-electron chi connectivity index (χ1n) is 5.62. The molecule has 0 saturated carbocycles. The second-order valence-corrected chi connectivity index (χ2v) is 3.77. The van der Waals surface area contributed by atoms with Gasteiger partial charge in [-0.3, -0.25) is 0 Å². The van der Waals surface area contributed by atoms with E-state index in [1.807, 2.05) is 30.3 Å². The van der Waals surface area contributed by atoms with Gasteiger partial charge >= 0.3 is 0 Å². The van der Waals surface area contributed by atoms with Crippen LogP contribution in [0.25, 0.3) is 0 Å². The molecule has 1 N–H and O–H groups in total. The number of hydrogen-bond acceptors (Lipinski definition) is 3. The summed E-state index contributed by atoms with van der Waals surface area (Å²) in [5.74, 6) is 0. The Morgan fingerprint density at radius 3 is 2.41 bits per heavy atom. The lowest BCUT2D eigenvalue weighted by atomic mass is 10.1. The van der Waals surface area contributed by atoms with Gasteiger partial charge in [-0.2, -0.15) is 0 Å². The first-order valence-corrected chi connectivity index (χ1v) is 5.62. The SMILES string of the molecule is CCc1ccccc1Nc1ccc(N=O)cc1. The quantitative estimate of drug-likeness (QED) is 0.785. The highest BCUT2D eigenvalue weighted by molar-refractivity contribution is 5.64. The lowest BCUT2D eigenvalue weighted by molar-refractivity contribution is 1.14. The van der Waals surface area contributed by atoms with E-state index in [4.69, 9.17) is 0 Å². The van der Waals surface area contributed by atoms with Crippen molar-refractivity contribution in [3.05, 3.63) is 59.0 Å². The first kappa shape index (κ1) is 11.3. The standard InChI is InChI=1S/C14H14N2O/c1-2-11-5-3-4-6-14(11)15-12-7-9-13(16-17)10-8-12/h3-10,15H,2H2,1H3. The van der Waals surface area contributed by atoms with Gasteiger partial charge in [-0.1, -0.05) is 25.1 Å². The average Bonchev–Trinajstić information content (AvgIpc) is 2.40. The fourth-order valence-electron chi connectivity index (χ4n) is 1.71. The van der Waals surface area contributed by atoms with E-state index in [0.717, 1.165) is 17.8 Å². The summed E-state index contributed by atoms with van der Waals surface area (Å²) < 4.78 is 0. The van der Waals surface area contributed by atoms with Gasteiger partial charge in [-0.15, -0.1) is 4.91 Å². The minimum Gasteiger partial charge on any atom is -0.355 e. The normalized spacial score (nSPS) is 9.94. The van der Waals surface area contributed by atoms with Gasteiger partial charge in [-0.05, 0) is 47.5 Å². The number of nitrogens with one attached hydrogen (secondary N) is 1. The Morgan fingerprint density at radius 1 is 1.06 bits per heavy atom. The molecule has 0 atom stereocenters. The molecule has 3 heteroatoms. The van der Waals surface area contributed by atoms with Crippen molar-refractivity contribution in [2.24, 2.45) is 5.18 Å². The molecule has 0 aliphatic rings. The van der Waals surface area contributed by atoms with Crippen LogP contribution in [0.15, 0.2) is 53.7 Å². The minimum absolute atomic E-state index is 0.444. The van der Waals surface area contributed by atoms with Crippen LogP contribution in [-0.2, 0) is 6.42 Å². The number of nitrogens with zero attached hydrogens (tertiary/aromatic N) is 1. The molecule has 0 aliphatic carbocycles. The van der Waals surface area contributed by atoms with Crippen LogP contribution in [0.2, 0.25) is 0 Å². The van der Waals surface area contributed by atoms with Crippen molar-refractivity contribution in [1.29, 1.82) is 0 Å². The molecule has 2 rings (SSSR count). The second-order valence-electron chi connectivity index (χ2n) is 3.77. The summed E-state index contributed by atoms with van der Waals surface area (Å²) in [5, 5.41) is 6.21. The third kappa shape index (κ3) is 2.69. The zero-order valence-corrected chi connectivity index (χ0v) is 9.68. The molecule has 86 valence electrons. The second kappa shape index (κ2) is 5.25. The predicted octanol–water partition coefficient (Wildman–Crippen LogP) is 4.39. The van der Waals surface area contributed by atoms with Crippen LogP contribution in [0.4, 0.5) is 17.1 Å². The summed E-state index contributed by atoms with van der Waals surface area (Å²) in [6.45, 7) is 2.12. The Labute approximate surface area is 100 Å². The summed E-state index contributed by atoms with van der Waals surface area (Å²) in [5.41, 5.74) is 3.77. The highest BCUT2D eigenvalue weighted by Gasteiger charge is 2.00. The number of para-hydroxylation sites is 1. The molecule has 0 fully saturated rings. The molecule has 0 bridgehead atoms. The van der Waals surface area contributed by atoms with Crippen molar-refractivity contribution in [2.45, 2.75) is 13.3 Å². The highest BCUT2D eigenvalue weighted by atomic mass is 16.3. The smallest absolute Gasteiger partial charge is 0.108 e. The van der Waals surface area contributed by atoms with E-state index in [1.54, 1.807) is 12.1 Å². The number of benzene rings is 2. The Bertz CT molecular complexity index is 506. The van der Waals surface area contributed by atoms with Gasteiger partial charge in [0.2, 0.25) is 0 Å². The summed E-state index contributed by atoms with van der Waals surface area (Å²) in [6.07, 6.45) is 0.983. The molecule has 3 nitrogen and oxygen atoms in total. The fraction of sp³-hybridized carbons (Fsp3) is 0.143. The largest absolute Gasteiger partial charge is 0.355 e. The molecular formula is C14H14N2O. The Balaban J connectivity index is 2.21. The third-order valence-corrected chi connectivity index (χ3v) is 2.65. The van der Waals surface area contributed by atoms with Crippen LogP contribution in [0.3, 0.4) is 0 Å². The number of hydrogen-bond donors (Lipinski definition) is 1. The van der Waals surface area contributed by atoms with E-state index in [2.05, 4.69) is 23.5 Å². The molecule has 0 amide bonds. The Morgan fingerprint density at radius 2 is 1.76 bits per heavy atom. The topological polar surface area (TPSA) is 41.5 Å². The Kier molecular flexibility index (Phi) is 3.50. The highest BCUT2D eigenvalue weighted by Crippen LogP contribution is 2.23. The van der Waals surface area contributed by atoms with Crippen LogP contribution in [0.1, 0.15) is 12.5 Å². The zero-order valence-electron chi connectivity index (χ0n) is 9.68. The predicted molar refractivity (Wildman–Crippen MR) is 71.0 cm³/mol. The summed E-state index contributed by atoms with van der Waals surface area (Å²) in [6, 6.07) is 15.3. The van der Waals surface area contributed by atoms with Gasteiger partial charge in [0.25, 0.3) is 0 Å². The monoisotopic (exact) mass is 226 g/mol. The average molecular weight is 226 g/mol. The van der Waals surface area contributed by atoms with Crippen molar-refractivity contribution < 1.29 is 0 Å². The van der Waals surface area contributed by atoms with Crippen LogP contribution < -0.4 is 5.32 Å². The molecule has 0 heterocycles. The van der Waals surface area contributed by atoms with Crippen molar-refractivity contribution in [3.8, 4) is 0 Å². The van der Waals surface area contributed by atoms with Crippen molar-refractivity contribution in [3.63, 3.8) is 0 Å². The lowest BCUT2D eigenvalue weighted by Gasteiger charge is -2.10. The van der Waals surface area contributed by atoms with E-state index < -0.39 is 0 Å². The Hall–Kier alpha value is -2.16. The van der Waals surface area contributed by atoms with Crippen LogP contribution in [0.5, 0.6) is 0 Å². The molecule has 2 aromatic carbocycles. The zero-order chi connectivity index (χ0) is 12.1. The number of anilines is 2. The third-order valence-electron chi connectivity index (χ3n) is 2.65. The molecule has 0 unspecified atom stereocenters. The first-order chi connectivity index (χ1) is 8.33. The number of rotatable bonds is 4. The van der Waals surface area contributed by atoms with Crippen molar-refractivity contribution in [2.75, 3.05) is 5.32 Å². The molecule has 0 aromatic heterocycles. The molecule has 0 radical (unpaired) electrons. The molecular weight excluding hydrogens is 212 g/mol.